The van der Waals surface area contributed by atoms with E-state index in [1.807, 2.05) is 58.0 Å². The number of likely N-dealkylation sites (N-methyl/N-ethyl adjacent to an activating group) is 1. The number of carbonyl (C=O) groups excluding carboxylic acids is 3. The van der Waals surface area contributed by atoms with Crippen molar-refractivity contribution in [3.05, 3.63) is 48.0 Å². The number of amides is 2. The number of carbonyl (C=O) groups is 3. The van der Waals surface area contributed by atoms with Crippen LogP contribution in [0.3, 0.4) is 0 Å². The molecule has 1 fully saturated rings. The molecule has 2 rings (SSSR count). The van der Waals surface area contributed by atoms with Gasteiger partial charge in [0.25, 0.3) is 0 Å². The van der Waals surface area contributed by atoms with Gasteiger partial charge in [-0.2, -0.15) is 0 Å². The van der Waals surface area contributed by atoms with Crippen molar-refractivity contribution in [2.75, 3.05) is 7.05 Å². The monoisotopic (exact) mass is 456 g/mol. The van der Waals surface area contributed by atoms with Crippen molar-refractivity contribution >= 4 is 17.8 Å². The van der Waals surface area contributed by atoms with Gasteiger partial charge in [0.1, 0.15) is 12.6 Å². The number of ether oxygens (including phenoxy) is 1. The molecule has 182 valence electrons. The molecule has 1 unspecified atom stereocenters. The largest absolute Gasteiger partial charge is 0.461 e. The van der Waals surface area contributed by atoms with Gasteiger partial charge < -0.3 is 15.4 Å². The number of hydrogen-bond donors (Lipinski definition) is 2. The molecule has 0 saturated heterocycles. The maximum atomic E-state index is 13.6. The Kier molecular flexibility index (Phi) is 9.69. The van der Waals surface area contributed by atoms with Crippen molar-refractivity contribution < 1.29 is 19.1 Å². The third-order valence-electron chi connectivity index (χ3n) is 6.40. The minimum atomic E-state index is -0.716. The van der Waals surface area contributed by atoms with Crippen LogP contribution in [-0.4, -0.2) is 30.9 Å². The second kappa shape index (κ2) is 12.0. The molecule has 6 nitrogen and oxygen atoms in total. The SMILES string of the molecule is C=C(C)C[C@H](C(=O)NC(C(=O)NC)C(C)(C)C)[C@@H](C(=O)OCc1ccccc1)C1CCCC1. The standard InChI is InChI=1S/C27H40N2O4/c1-18(2)16-21(24(30)29-23(25(31)28-6)27(3,4)5)22(20-14-10-11-15-20)26(32)33-17-19-12-8-7-9-13-19/h7-9,12-13,20-23H,1,10-11,14-17H2,2-6H3,(H,28,31)(H,29,30)/t21-,22-,23?/m0/s1. The van der Waals surface area contributed by atoms with E-state index in [2.05, 4.69) is 17.2 Å². The molecular weight excluding hydrogens is 416 g/mol. The summed E-state index contributed by atoms with van der Waals surface area (Å²) in [4.78, 5) is 39.5. The van der Waals surface area contributed by atoms with Crippen LogP contribution in [0.15, 0.2) is 42.5 Å². The first-order valence-electron chi connectivity index (χ1n) is 11.9. The van der Waals surface area contributed by atoms with Gasteiger partial charge in [0.2, 0.25) is 11.8 Å². The summed E-state index contributed by atoms with van der Waals surface area (Å²) in [5.41, 5.74) is 1.24. The fraction of sp³-hybridized carbons (Fsp3) is 0.593. The highest BCUT2D eigenvalue weighted by Gasteiger charge is 2.43. The lowest BCUT2D eigenvalue weighted by molar-refractivity contribution is -0.157. The molecule has 0 aromatic heterocycles. The van der Waals surface area contributed by atoms with E-state index in [0.29, 0.717) is 6.42 Å². The Bertz CT molecular complexity index is 822. The molecule has 0 bridgehead atoms. The first kappa shape index (κ1) is 26.6. The van der Waals surface area contributed by atoms with Gasteiger partial charge >= 0.3 is 5.97 Å². The number of rotatable bonds is 10. The molecule has 33 heavy (non-hydrogen) atoms. The normalized spacial score (nSPS) is 17.0. The van der Waals surface area contributed by atoms with Crippen LogP contribution in [0.25, 0.3) is 0 Å². The van der Waals surface area contributed by atoms with Crippen molar-refractivity contribution in [3.8, 4) is 0 Å². The van der Waals surface area contributed by atoms with Crippen molar-refractivity contribution in [2.45, 2.75) is 72.4 Å². The number of benzene rings is 1. The number of hydrogen-bond acceptors (Lipinski definition) is 4. The quantitative estimate of drug-likeness (QED) is 0.404. The van der Waals surface area contributed by atoms with Gasteiger partial charge in [-0.1, -0.05) is 69.5 Å². The maximum Gasteiger partial charge on any atom is 0.310 e. The highest BCUT2D eigenvalue weighted by molar-refractivity contribution is 5.91. The van der Waals surface area contributed by atoms with Gasteiger partial charge in [-0.3, -0.25) is 14.4 Å². The predicted molar refractivity (Wildman–Crippen MR) is 130 cm³/mol. The van der Waals surface area contributed by atoms with E-state index in [-0.39, 0.29) is 30.3 Å². The van der Waals surface area contributed by atoms with Crippen LogP contribution >= 0.6 is 0 Å². The molecular formula is C27H40N2O4. The zero-order valence-corrected chi connectivity index (χ0v) is 20.8. The lowest BCUT2D eigenvalue weighted by Gasteiger charge is -2.34. The molecule has 1 saturated carbocycles. The molecule has 3 atom stereocenters. The molecule has 2 N–H and O–H groups in total. The van der Waals surface area contributed by atoms with E-state index in [9.17, 15) is 14.4 Å². The molecule has 0 spiro atoms. The minimum absolute atomic E-state index is 0.0801. The zero-order valence-electron chi connectivity index (χ0n) is 20.8. The van der Waals surface area contributed by atoms with Crippen molar-refractivity contribution in [3.63, 3.8) is 0 Å². The molecule has 1 aromatic rings. The predicted octanol–water partition coefficient (Wildman–Crippen LogP) is 4.40. The summed E-state index contributed by atoms with van der Waals surface area (Å²) in [6, 6.07) is 8.83. The summed E-state index contributed by atoms with van der Waals surface area (Å²) < 4.78 is 5.73. The lowest BCUT2D eigenvalue weighted by atomic mass is 9.76. The van der Waals surface area contributed by atoms with Crippen molar-refractivity contribution in [1.82, 2.24) is 10.6 Å². The second-order valence-electron chi connectivity index (χ2n) is 10.4. The molecule has 0 heterocycles. The van der Waals surface area contributed by atoms with Gasteiger partial charge in [-0.25, -0.2) is 0 Å². The van der Waals surface area contributed by atoms with E-state index >= 15 is 0 Å². The molecule has 0 aliphatic heterocycles. The Morgan fingerprint density at radius 1 is 1.09 bits per heavy atom. The average Bonchev–Trinajstić information content (AvgIpc) is 3.29. The first-order valence-corrected chi connectivity index (χ1v) is 11.9. The summed E-state index contributed by atoms with van der Waals surface area (Å²) in [5, 5.41) is 5.59. The summed E-state index contributed by atoms with van der Waals surface area (Å²) in [6.07, 6.45) is 4.24. The third kappa shape index (κ3) is 7.72. The van der Waals surface area contributed by atoms with E-state index in [1.54, 1.807) is 7.05 Å². The summed E-state index contributed by atoms with van der Waals surface area (Å²) >= 11 is 0. The highest BCUT2D eigenvalue weighted by atomic mass is 16.5. The maximum absolute atomic E-state index is 13.6. The van der Waals surface area contributed by atoms with Gasteiger partial charge in [-0.05, 0) is 43.1 Å². The van der Waals surface area contributed by atoms with E-state index in [0.717, 1.165) is 36.8 Å². The number of allylic oxidation sites excluding steroid dienone is 1. The lowest BCUT2D eigenvalue weighted by Crippen LogP contribution is -2.55. The van der Waals surface area contributed by atoms with Crippen LogP contribution in [0.4, 0.5) is 0 Å². The Balaban J connectivity index is 2.30. The fourth-order valence-corrected chi connectivity index (χ4v) is 4.65. The van der Waals surface area contributed by atoms with E-state index in [4.69, 9.17) is 4.74 Å². The number of nitrogens with one attached hydrogen (secondary N) is 2. The third-order valence-corrected chi connectivity index (χ3v) is 6.40. The summed E-state index contributed by atoms with van der Waals surface area (Å²) in [6.45, 7) is 11.8. The van der Waals surface area contributed by atoms with Gasteiger partial charge in [-0.15, -0.1) is 6.58 Å². The number of esters is 1. The summed E-state index contributed by atoms with van der Waals surface area (Å²) in [7, 11) is 1.56. The Morgan fingerprint density at radius 2 is 1.70 bits per heavy atom. The Hall–Kier alpha value is -2.63. The first-order chi connectivity index (χ1) is 15.5. The Morgan fingerprint density at radius 3 is 2.21 bits per heavy atom. The van der Waals surface area contributed by atoms with Gasteiger partial charge in [0, 0.05) is 7.05 Å². The van der Waals surface area contributed by atoms with Crippen LogP contribution in [0.5, 0.6) is 0 Å². The molecule has 1 aromatic carbocycles. The van der Waals surface area contributed by atoms with Gasteiger partial charge in [0.15, 0.2) is 0 Å². The van der Waals surface area contributed by atoms with Crippen LogP contribution in [0.2, 0.25) is 0 Å². The van der Waals surface area contributed by atoms with E-state index in [1.165, 1.54) is 0 Å². The van der Waals surface area contributed by atoms with E-state index < -0.39 is 23.3 Å². The van der Waals surface area contributed by atoms with Gasteiger partial charge in [0.05, 0.1) is 11.8 Å². The van der Waals surface area contributed by atoms with Crippen molar-refractivity contribution in [2.24, 2.45) is 23.2 Å². The second-order valence-corrected chi connectivity index (χ2v) is 10.4. The molecule has 0 radical (unpaired) electrons. The van der Waals surface area contributed by atoms with Crippen LogP contribution < -0.4 is 10.6 Å². The smallest absolute Gasteiger partial charge is 0.310 e. The highest BCUT2D eigenvalue weighted by Crippen LogP contribution is 2.39. The zero-order chi connectivity index (χ0) is 24.6. The minimum Gasteiger partial charge on any atom is -0.461 e. The molecule has 1 aliphatic rings. The molecule has 1 aliphatic carbocycles. The van der Waals surface area contributed by atoms with Crippen LogP contribution in [0, 0.1) is 23.2 Å². The Labute approximate surface area is 198 Å². The fourth-order valence-electron chi connectivity index (χ4n) is 4.65. The molecule has 6 heteroatoms. The van der Waals surface area contributed by atoms with Crippen molar-refractivity contribution in [1.29, 1.82) is 0 Å². The summed E-state index contributed by atoms with van der Waals surface area (Å²) in [5.74, 6) is -2.03. The molecule has 2 amide bonds. The average molecular weight is 457 g/mol. The van der Waals surface area contributed by atoms with Crippen LogP contribution in [0.1, 0.15) is 65.4 Å². The van der Waals surface area contributed by atoms with Crippen LogP contribution in [-0.2, 0) is 25.7 Å². The topological polar surface area (TPSA) is 84.5 Å².